The first-order chi connectivity index (χ1) is 12.3. The lowest BCUT2D eigenvalue weighted by molar-refractivity contribution is -0.139. The van der Waals surface area contributed by atoms with E-state index in [1.807, 2.05) is 0 Å². The Morgan fingerprint density at radius 2 is 1.65 bits per heavy atom. The van der Waals surface area contributed by atoms with Gasteiger partial charge in [0.1, 0.15) is 5.41 Å². The van der Waals surface area contributed by atoms with Crippen LogP contribution >= 0.6 is 0 Å². The molecular weight excluding hydrogens is 332 g/mol. The van der Waals surface area contributed by atoms with Gasteiger partial charge < -0.3 is 15.4 Å². The maximum atomic E-state index is 12.6. The molecule has 142 valence electrons. The van der Waals surface area contributed by atoms with Crippen molar-refractivity contribution in [1.82, 2.24) is 5.32 Å². The Balaban J connectivity index is 1.96. The molecule has 1 aromatic carbocycles. The van der Waals surface area contributed by atoms with Crippen molar-refractivity contribution in [1.29, 1.82) is 0 Å². The smallest absolute Gasteiger partial charge is 0.338 e. The molecule has 26 heavy (non-hydrogen) atoms. The molecule has 1 saturated carbocycles. The van der Waals surface area contributed by atoms with Gasteiger partial charge >= 0.3 is 5.97 Å². The van der Waals surface area contributed by atoms with Crippen LogP contribution in [0.2, 0.25) is 0 Å². The maximum Gasteiger partial charge on any atom is 0.338 e. The summed E-state index contributed by atoms with van der Waals surface area (Å²) in [4.78, 5) is 36.8. The van der Waals surface area contributed by atoms with Crippen LogP contribution in [0.15, 0.2) is 24.3 Å². The summed E-state index contributed by atoms with van der Waals surface area (Å²) >= 11 is 0. The Morgan fingerprint density at radius 1 is 1.04 bits per heavy atom. The van der Waals surface area contributed by atoms with E-state index in [-0.39, 0.29) is 17.9 Å². The van der Waals surface area contributed by atoms with Crippen LogP contribution in [0.25, 0.3) is 0 Å². The van der Waals surface area contributed by atoms with Crippen LogP contribution in [-0.2, 0) is 14.3 Å². The quantitative estimate of drug-likeness (QED) is 0.602. The molecule has 0 aliphatic heterocycles. The van der Waals surface area contributed by atoms with Crippen molar-refractivity contribution in [3.63, 3.8) is 0 Å². The summed E-state index contributed by atoms with van der Waals surface area (Å²) in [6, 6.07) is 6.58. The predicted octanol–water partition coefficient (Wildman–Crippen LogP) is 3.28. The summed E-state index contributed by atoms with van der Waals surface area (Å²) in [5.41, 5.74) is -0.238. The number of carbonyl (C=O) groups excluding carboxylic acids is 3. The molecule has 1 fully saturated rings. The monoisotopic (exact) mass is 360 g/mol. The van der Waals surface area contributed by atoms with Gasteiger partial charge in [0.2, 0.25) is 11.8 Å². The predicted molar refractivity (Wildman–Crippen MR) is 99.8 cm³/mol. The van der Waals surface area contributed by atoms with Crippen molar-refractivity contribution in [2.24, 2.45) is 5.41 Å². The second kappa shape index (κ2) is 8.83. The number of anilines is 1. The van der Waals surface area contributed by atoms with E-state index in [1.165, 1.54) is 6.42 Å². The summed E-state index contributed by atoms with van der Waals surface area (Å²) in [5.74, 6) is -1.04. The lowest BCUT2D eigenvalue weighted by atomic mass is 9.88. The molecule has 1 aromatic rings. The van der Waals surface area contributed by atoms with Gasteiger partial charge in [-0.1, -0.05) is 19.3 Å². The van der Waals surface area contributed by atoms with Crippen LogP contribution in [0.5, 0.6) is 0 Å². The zero-order chi connectivity index (χ0) is 19.2. The number of hydrogen-bond donors (Lipinski definition) is 2. The summed E-state index contributed by atoms with van der Waals surface area (Å²) < 4.78 is 4.93. The Bertz CT molecular complexity index is 646. The van der Waals surface area contributed by atoms with E-state index in [2.05, 4.69) is 10.6 Å². The van der Waals surface area contributed by atoms with Crippen LogP contribution in [0.3, 0.4) is 0 Å². The van der Waals surface area contributed by atoms with E-state index < -0.39 is 11.4 Å². The van der Waals surface area contributed by atoms with Gasteiger partial charge in [-0.15, -0.1) is 0 Å². The molecule has 2 N–H and O–H groups in total. The van der Waals surface area contributed by atoms with Crippen molar-refractivity contribution in [3.8, 4) is 0 Å². The van der Waals surface area contributed by atoms with Gasteiger partial charge in [0.25, 0.3) is 0 Å². The largest absolute Gasteiger partial charge is 0.462 e. The second-order valence-electron chi connectivity index (χ2n) is 7.19. The number of benzene rings is 1. The van der Waals surface area contributed by atoms with Crippen molar-refractivity contribution < 1.29 is 19.1 Å². The van der Waals surface area contributed by atoms with E-state index in [4.69, 9.17) is 4.74 Å². The van der Waals surface area contributed by atoms with E-state index in [0.29, 0.717) is 17.9 Å². The first kappa shape index (κ1) is 19.9. The first-order valence-corrected chi connectivity index (χ1v) is 9.24. The number of amides is 2. The molecule has 0 heterocycles. The Labute approximate surface area is 154 Å². The van der Waals surface area contributed by atoms with E-state index in [0.717, 1.165) is 25.7 Å². The fourth-order valence-electron chi connectivity index (χ4n) is 2.91. The van der Waals surface area contributed by atoms with Gasteiger partial charge in [0.05, 0.1) is 12.2 Å². The molecule has 6 heteroatoms. The molecule has 6 nitrogen and oxygen atoms in total. The summed E-state index contributed by atoms with van der Waals surface area (Å²) in [7, 11) is 0. The SMILES string of the molecule is CCOC(=O)c1ccc(NC(=O)C(C)(C)C(=O)NC2CCCCC2)cc1. The highest BCUT2D eigenvalue weighted by Gasteiger charge is 2.37. The number of ether oxygens (including phenoxy) is 1. The van der Waals surface area contributed by atoms with Gasteiger partial charge in [-0.2, -0.15) is 0 Å². The van der Waals surface area contributed by atoms with Crippen LogP contribution in [0, 0.1) is 5.41 Å². The highest BCUT2D eigenvalue weighted by molar-refractivity contribution is 6.10. The highest BCUT2D eigenvalue weighted by Crippen LogP contribution is 2.23. The molecule has 2 amide bonds. The lowest BCUT2D eigenvalue weighted by Crippen LogP contribution is -2.49. The minimum absolute atomic E-state index is 0.159. The van der Waals surface area contributed by atoms with Gasteiger partial charge in [-0.25, -0.2) is 4.79 Å². The van der Waals surface area contributed by atoms with Crippen LogP contribution in [0.4, 0.5) is 5.69 Å². The average Bonchev–Trinajstić information content (AvgIpc) is 2.63. The third-order valence-corrected chi connectivity index (χ3v) is 4.73. The van der Waals surface area contributed by atoms with Crippen molar-refractivity contribution in [3.05, 3.63) is 29.8 Å². The Kier molecular flexibility index (Phi) is 6.77. The maximum absolute atomic E-state index is 12.6. The number of hydrogen-bond acceptors (Lipinski definition) is 4. The van der Waals surface area contributed by atoms with Crippen molar-refractivity contribution in [2.75, 3.05) is 11.9 Å². The summed E-state index contributed by atoms with van der Waals surface area (Å²) in [6.45, 7) is 5.29. The van der Waals surface area contributed by atoms with Crippen LogP contribution in [-0.4, -0.2) is 30.4 Å². The van der Waals surface area contributed by atoms with Crippen LogP contribution in [0.1, 0.15) is 63.2 Å². The topological polar surface area (TPSA) is 84.5 Å². The van der Waals surface area contributed by atoms with Gasteiger partial charge in [0, 0.05) is 11.7 Å². The standard InChI is InChI=1S/C20H28N2O4/c1-4-26-17(23)14-10-12-16(13-11-14)22-19(25)20(2,3)18(24)21-15-8-6-5-7-9-15/h10-13,15H,4-9H2,1-3H3,(H,21,24)(H,22,25). The third-order valence-electron chi connectivity index (χ3n) is 4.73. The zero-order valence-corrected chi connectivity index (χ0v) is 15.8. The first-order valence-electron chi connectivity index (χ1n) is 9.24. The number of esters is 1. The minimum atomic E-state index is -1.18. The third kappa shape index (κ3) is 5.07. The minimum Gasteiger partial charge on any atom is -0.462 e. The molecule has 2 rings (SSSR count). The lowest BCUT2D eigenvalue weighted by Gasteiger charge is -2.28. The number of carbonyl (C=O) groups is 3. The molecule has 1 aliphatic rings. The zero-order valence-electron chi connectivity index (χ0n) is 15.8. The fraction of sp³-hybridized carbons (Fsp3) is 0.550. The van der Waals surface area contributed by atoms with Crippen LogP contribution < -0.4 is 10.6 Å². The van der Waals surface area contributed by atoms with Crippen molar-refractivity contribution >= 4 is 23.5 Å². The van der Waals surface area contributed by atoms with E-state index >= 15 is 0 Å². The van der Waals surface area contributed by atoms with Gasteiger partial charge in [-0.3, -0.25) is 9.59 Å². The molecular formula is C20H28N2O4. The molecule has 0 spiro atoms. The highest BCUT2D eigenvalue weighted by atomic mass is 16.5. The second-order valence-corrected chi connectivity index (χ2v) is 7.19. The normalized spacial score (nSPS) is 15.2. The van der Waals surface area contributed by atoms with Crippen molar-refractivity contribution in [2.45, 2.75) is 58.9 Å². The van der Waals surface area contributed by atoms with Gasteiger partial charge in [0.15, 0.2) is 0 Å². The summed E-state index contributed by atoms with van der Waals surface area (Å²) in [6.07, 6.45) is 5.38. The Morgan fingerprint density at radius 3 is 2.23 bits per heavy atom. The molecule has 0 aromatic heterocycles. The van der Waals surface area contributed by atoms with Gasteiger partial charge in [-0.05, 0) is 57.9 Å². The fourth-order valence-corrected chi connectivity index (χ4v) is 2.91. The molecule has 0 bridgehead atoms. The Hall–Kier alpha value is -2.37. The molecule has 0 atom stereocenters. The molecule has 0 unspecified atom stereocenters. The molecule has 1 aliphatic carbocycles. The van der Waals surface area contributed by atoms with E-state index in [9.17, 15) is 14.4 Å². The molecule has 0 saturated heterocycles. The number of rotatable bonds is 6. The summed E-state index contributed by atoms with van der Waals surface area (Å²) in [5, 5.41) is 5.75. The average molecular weight is 360 g/mol. The molecule has 0 radical (unpaired) electrons. The van der Waals surface area contributed by atoms with E-state index in [1.54, 1.807) is 45.0 Å². The number of nitrogens with one attached hydrogen (secondary N) is 2.